The first-order chi connectivity index (χ1) is 15.8. The van der Waals surface area contributed by atoms with E-state index in [1.807, 2.05) is 67.6 Å². The monoisotopic (exact) mass is 460 g/mol. The lowest BCUT2D eigenvalue weighted by Gasteiger charge is -2.14. The highest BCUT2D eigenvalue weighted by Gasteiger charge is 2.20. The first-order valence-electron chi connectivity index (χ1n) is 10.4. The van der Waals surface area contributed by atoms with Gasteiger partial charge in [-0.15, -0.1) is 0 Å². The SMILES string of the molecule is CC(NC(=O)c1cn(Cc2ccccc2)nc1-c1ccccc1)c1ccc(S(N)(=O)=O)cc1. The number of amides is 1. The molecule has 4 aromatic rings. The maximum Gasteiger partial charge on any atom is 0.255 e. The van der Waals surface area contributed by atoms with Gasteiger partial charge in [-0.25, -0.2) is 13.6 Å². The molecule has 0 aliphatic carbocycles. The summed E-state index contributed by atoms with van der Waals surface area (Å²) < 4.78 is 24.7. The molecule has 0 aliphatic heterocycles. The Bertz CT molecular complexity index is 1350. The molecule has 3 aromatic carbocycles. The third kappa shape index (κ3) is 5.36. The van der Waals surface area contributed by atoms with Crippen LogP contribution in [0.25, 0.3) is 11.3 Å². The Morgan fingerprint density at radius 2 is 1.58 bits per heavy atom. The van der Waals surface area contributed by atoms with Gasteiger partial charge in [0.15, 0.2) is 0 Å². The molecule has 1 unspecified atom stereocenters. The molecule has 0 radical (unpaired) electrons. The highest BCUT2D eigenvalue weighted by molar-refractivity contribution is 7.89. The molecule has 0 fully saturated rings. The molecule has 3 N–H and O–H groups in total. The zero-order valence-corrected chi connectivity index (χ0v) is 18.9. The summed E-state index contributed by atoms with van der Waals surface area (Å²) in [6.07, 6.45) is 1.75. The summed E-state index contributed by atoms with van der Waals surface area (Å²) in [5, 5.41) is 12.8. The van der Waals surface area contributed by atoms with Crippen LogP contribution < -0.4 is 10.5 Å². The van der Waals surface area contributed by atoms with E-state index in [0.29, 0.717) is 17.8 Å². The maximum atomic E-state index is 13.2. The number of hydrogen-bond donors (Lipinski definition) is 2. The predicted octanol–water partition coefficient (Wildman–Crippen LogP) is 3.74. The van der Waals surface area contributed by atoms with Crippen LogP contribution in [0.1, 0.15) is 34.5 Å². The number of sulfonamides is 1. The number of carbonyl (C=O) groups is 1. The second-order valence-electron chi connectivity index (χ2n) is 7.75. The summed E-state index contributed by atoms with van der Waals surface area (Å²) in [6.45, 7) is 2.37. The number of rotatable bonds is 7. The van der Waals surface area contributed by atoms with E-state index in [0.717, 1.165) is 16.7 Å². The standard InChI is InChI=1S/C25H24N4O3S/c1-18(20-12-14-22(15-13-20)33(26,31)32)27-25(30)23-17-29(16-19-8-4-2-5-9-19)28-24(23)21-10-6-3-7-11-21/h2-15,17-18H,16H2,1H3,(H,27,30)(H2,26,31,32). The predicted molar refractivity (Wildman–Crippen MR) is 127 cm³/mol. The van der Waals surface area contributed by atoms with E-state index in [4.69, 9.17) is 10.2 Å². The van der Waals surface area contributed by atoms with Gasteiger partial charge in [0.2, 0.25) is 10.0 Å². The molecule has 1 atom stereocenters. The van der Waals surface area contributed by atoms with Crippen LogP contribution >= 0.6 is 0 Å². The molecular formula is C25H24N4O3S. The molecule has 33 heavy (non-hydrogen) atoms. The average Bonchev–Trinajstić information content (AvgIpc) is 3.24. The molecule has 4 rings (SSSR count). The van der Waals surface area contributed by atoms with E-state index in [1.165, 1.54) is 12.1 Å². The second-order valence-corrected chi connectivity index (χ2v) is 9.31. The number of nitrogens with two attached hydrogens (primary N) is 1. The Labute approximate surface area is 192 Å². The van der Waals surface area contributed by atoms with Crippen LogP contribution in [-0.2, 0) is 16.6 Å². The average molecular weight is 461 g/mol. The molecular weight excluding hydrogens is 436 g/mol. The molecule has 1 heterocycles. The minimum atomic E-state index is -3.77. The summed E-state index contributed by atoms with van der Waals surface area (Å²) in [6, 6.07) is 25.3. The molecule has 0 saturated carbocycles. The summed E-state index contributed by atoms with van der Waals surface area (Å²) >= 11 is 0. The number of nitrogens with one attached hydrogen (secondary N) is 1. The van der Waals surface area contributed by atoms with Crippen molar-refractivity contribution in [2.75, 3.05) is 0 Å². The van der Waals surface area contributed by atoms with Crippen molar-refractivity contribution >= 4 is 15.9 Å². The first kappa shape index (κ1) is 22.4. The summed E-state index contributed by atoms with van der Waals surface area (Å²) in [7, 11) is -3.77. The molecule has 1 amide bonds. The number of hydrogen-bond acceptors (Lipinski definition) is 4. The van der Waals surface area contributed by atoms with Gasteiger partial charge in [0.05, 0.1) is 23.0 Å². The van der Waals surface area contributed by atoms with Crippen molar-refractivity contribution in [3.63, 3.8) is 0 Å². The van der Waals surface area contributed by atoms with Crippen LogP contribution in [0.5, 0.6) is 0 Å². The highest BCUT2D eigenvalue weighted by Crippen LogP contribution is 2.24. The van der Waals surface area contributed by atoms with Crippen molar-refractivity contribution < 1.29 is 13.2 Å². The molecule has 7 nitrogen and oxygen atoms in total. The van der Waals surface area contributed by atoms with Gasteiger partial charge in [0.1, 0.15) is 5.69 Å². The Morgan fingerprint density at radius 1 is 0.970 bits per heavy atom. The van der Waals surface area contributed by atoms with Crippen LogP contribution in [0.15, 0.2) is 96.0 Å². The smallest absolute Gasteiger partial charge is 0.255 e. The lowest BCUT2D eigenvalue weighted by molar-refractivity contribution is 0.0940. The number of benzene rings is 3. The molecule has 0 bridgehead atoms. The number of primary sulfonamides is 1. The zero-order valence-electron chi connectivity index (χ0n) is 18.0. The van der Waals surface area contributed by atoms with Gasteiger partial charge in [-0.2, -0.15) is 5.10 Å². The van der Waals surface area contributed by atoms with E-state index < -0.39 is 10.0 Å². The fourth-order valence-corrected chi connectivity index (χ4v) is 4.07. The minimum absolute atomic E-state index is 0.0262. The molecule has 0 aliphatic rings. The molecule has 1 aromatic heterocycles. The van der Waals surface area contributed by atoms with Crippen molar-refractivity contribution in [1.29, 1.82) is 0 Å². The van der Waals surface area contributed by atoms with Gasteiger partial charge in [-0.1, -0.05) is 72.8 Å². The first-order valence-corrected chi connectivity index (χ1v) is 12.0. The van der Waals surface area contributed by atoms with E-state index in [9.17, 15) is 13.2 Å². The van der Waals surface area contributed by atoms with Gasteiger partial charge in [-0.3, -0.25) is 9.48 Å². The van der Waals surface area contributed by atoms with E-state index in [2.05, 4.69) is 5.32 Å². The van der Waals surface area contributed by atoms with E-state index in [1.54, 1.807) is 23.0 Å². The van der Waals surface area contributed by atoms with Gasteiger partial charge in [0, 0.05) is 11.8 Å². The van der Waals surface area contributed by atoms with Crippen LogP contribution in [0.2, 0.25) is 0 Å². The van der Waals surface area contributed by atoms with Crippen LogP contribution in [-0.4, -0.2) is 24.1 Å². The van der Waals surface area contributed by atoms with Crippen molar-refractivity contribution in [3.8, 4) is 11.3 Å². The van der Waals surface area contributed by atoms with E-state index in [-0.39, 0.29) is 16.8 Å². The molecule has 168 valence electrons. The lowest BCUT2D eigenvalue weighted by Crippen LogP contribution is -2.27. The van der Waals surface area contributed by atoms with Crippen molar-refractivity contribution in [2.45, 2.75) is 24.4 Å². The van der Waals surface area contributed by atoms with Crippen molar-refractivity contribution in [3.05, 3.63) is 108 Å². The summed E-state index contributed by atoms with van der Waals surface area (Å²) in [5.41, 5.74) is 3.74. The third-order valence-electron chi connectivity index (χ3n) is 5.30. The van der Waals surface area contributed by atoms with Crippen molar-refractivity contribution in [2.24, 2.45) is 5.14 Å². The normalized spacial score (nSPS) is 12.3. The second kappa shape index (κ2) is 9.40. The molecule has 0 saturated heterocycles. The van der Waals surface area contributed by atoms with Crippen molar-refractivity contribution in [1.82, 2.24) is 15.1 Å². The van der Waals surface area contributed by atoms with Gasteiger partial charge in [-0.05, 0) is 30.2 Å². The topological polar surface area (TPSA) is 107 Å². The largest absolute Gasteiger partial charge is 0.345 e. The van der Waals surface area contributed by atoms with Crippen LogP contribution in [0, 0.1) is 0 Å². The van der Waals surface area contributed by atoms with Gasteiger partial charge in [0.25, 0.3) is 5.91 Å². The minimum Gasteiger partial charge on any atom is -0.345 e. The van der Waals surface area contributed by atoms with Gasteiger partial charge >= 0.3 is 0 Å². The Kier molecular flexibility index (Phi) is 6.39. The third-order valence-corrected chi connectivity index (χ3v) is 6.23. The number of nitrogens with zero attached hydrogens (tertiary/aromatic N) is 2. The maximum absolute atomic E-state index is 13.2. The lowest BCUT2D eigenvalue weighted by atomic mass is 10.1. The Morgan fingerprint density at radius 3 is 2.18 bits per heavy atom. The quantitative estimate of drug-likeness (QED) is 0.438. The fourth-order valence-electron chi connectivity index (χ4n) is 3.55. The summed E-state index contributed by atoms with van der Waals surface area (Å²) in [4.78, 5) is 13.3. The fraction of sp³-hybridized carbons (Fsp3) is 0.120. The Balaban J connectivity index is 1.60. The van der Waals surface area contributed by atoms with Gasteiger partial charge < -0.3 is 5.32 Å². The molecule has 8 heteroatoms. The Hall–Kier alpha value is -3.75. The van der Waals surface area contributed by atoms with Crippen LogP contribution in [0.4, 0.5) is 0 Å². The van der Waals surface area contributed by atoms with Crippen LogP contribution in [0.3, 0.4) is 0 Å². The number of carbonyl (C=O) groups excluding carboxylic acids is 1. The highest BCUT2D eigenvalue weighted by atomic mass is 32.2. The molecule has 0 spiro atoms. The summed E-state index contributed by atoms with van der Waals surface area (Å²) in [5.74, 6) is -0.267. The zero-order chi connectivity index (χ0) is 23.4. The number of aromatic nitrogens is 2. The van der Waals surface area contributed by atoms with E-state index >= 15 is 0 Å².